The summed E-state index contributed by atoms with van der Waals surface area (Å²) in [5.74, 6) is 0.161. The molecule has 0 saturated carbocycles. The van der Waals surface area contributed by atoms with Gasteiger partial charge in [-0.25, -0.2) is 37.0 Å². The second kappa shape index (κ2) is 6.69. The van der Waals surface area contributed by atoms with Crippen molar-refractivity contribution in [1.29, 1.82) is 0 Å². The molecule has 7 nitrogen and oxygen atoms in total. The van der Waals surface area contributed by atoms with E-state index in [0.29, 0.717) is 11.7 Å². The van der Waals surface area contributed by atoms with Gasteiger partial charge in [-0.2, -0.15) is 5.10 Å². The number of aryl methyl sites for hydroxylation is 2. The number of rotatable bonds is 4. The summed E-state index contributed by atoms with van der Waals surface area (Å²) in [6.07, 6.45) is -4.41. The van der Waals surface area contributed by atoms with Gasteiger partial charge in [0, 0.05) is 11.1 Å². The molecular formula is C18H13F4N7S. The number of hydrogen-bond acceptors (Lipinski definition) is 6. The van der Waals surface area contributed by atoms with Gasteiger partial charge in [-0.15, -0.1) is 16.4 Å². The number of fused-ring (bicyclic) bond motifs is 5. The summed E-state index contributed by atoms with van der Waals surface area (Å²) in [4.78, 5) is 14.3. The third-order valence-electron chi connectivity index (χ3n) is 4.70. The second-order valence-corrected chi connectivity index (χ2v) is 7.83. The smallest absolute Gasteiger partial charge is 0.256 e. The van der Waals surface area contributed by atoms with Crippen LogP contribution in [0.2, 0.25) is 0 Å². The monoisotopic (exact) mass is 435 g/mol. The highest BCUT2D eigenvalue weighted by molar-refractivity contribution is 7.26. The Bertz CT molecular complexity index is 1420. The van der Waals surface area contributed by atoms with E-state index in [-0.39, 0.29) is 12.4 Å². The van der Waals surface area contributed by atoms with Gasteiger partial charge in [-0.3, -0.25) is 4.68 Å². The molecule has 0 saturated heterocycles. The number of pyridine rings is 1. The Morgan fingerprint density at radius 3 is 2.57 bits per heavy atom. The minimum absolute atomic E-state index is 0.161. The van der Waals surface area contributed by atoms with E-state index in [1.165, 1.54) is 22.2 Å². The van der Waals surface area contributed by atoms with Crippen LogP contribution in [-0.2, 0) is 6.54 Å². The molecule has 0 fully saturated rings. The fourth-order valence-corrected chi connectivity index (χ4v) is 4.70. The van der Waals surface area contributed by atoms with Crippen molar-refractivity contribution in [1.82, 2.24) is 34.3 Å². The van der Waals surface area contributed by atoms with Gasteiger partial charge >= 0.3 is 0 Å². The maximum atomic E-state index is 13.2. The number of thiophene rings is 1. The lowest BCUT2D eigenvalue weighted by Crippen LogP contribution is -2.08. The Kier molecular flexibility index (Phi) is 4.20. The first-order valence-corrected chi connectivity index (χ1v) is 9.68. The van der Waals surface area contributed by atoms with Crippen molar-refractivity contribution in [3.63, 3.8) is 0 Å². The van der Waals surface area contributed by atoms with Crippen molar-refractivity contribution < 1.29 is 17.6 Å². The van der Waals surface area contributed by atoms with Crippen molar-refractivity contribution >= 4 is 37.4 Å². The highest BCUT2D eigenvalue weighted by Crippen LogP contribution is 2.35. The van der Waals surface area contributed by atoms with Crippen LogP contribution in [0, 0.1) is 13.8 Å². The van der Waals surface area contributed by atoms with Crippen LogP contribution < -0.4 is 0 Å². The molecule has 0 aromatic carbocycles. The summed E-state index contributed by atoms with van der Waals surface area (Å²) in [6, 6.07) is 2.67. The molecule has 5 heterocycles. The number of hydrogen-bond donors (Lipinski definition) is 0. The molecule has 0 spiro atoms. The Morgan fingerprint density at radius 2 is 1.83 bits per heavy atom. The third kappa shape index (κ3) is 2.90. The molecule has 0 N–H and O–H groups in total. The lowest BCUT2D eigenvalue weighted by Gasteiger charge is -2.03. The van der Waals surface area contributed by atoms with Crippen molar-refractivity contribution in [2.24, 2.45) is 0 Å². The first-order chi connectivity index (χ1) is 14.3. The molecule has 0 radical (unpaired) electrons. The van der Waals surface area contributed by atoms with Crippen molar-refractivity contribution in [2.45, 2.75) is 33.2 Å². The zero-order valence-electron chi connectivity index (χ0n) is 15.6. The topological polar surface area (TPSA) is 73.8 Å². The van der Waals surface area contributed by atoms with E-state index < -0.39 is 24.2 Å². The van der Waals surface area contributed by atoms with Crippen LogP contribution in [0.1, 0.15) is 41.3 Å². The van der Waals surface area contributed by atoms with Crippen molar-refractivity contribution in [2.75, 3.05) is 0 Å². The fraction of sp³-hybridized carbons (Fsp3) is 0.278. The van der Waals surface area contributed by atoms with Crippen molar-refractivity contribution in [3.8, 4) is 0 Å². The lowest BCUT2D eigenvalue weighted by atomic mass is 10.1. The van der Waals surface area contributed by atoms with Crippen molar-refractivity contribution in [3.05, 3.63) is 46.9 Å². The third-order valence-corrected chi connectivity index (χ3v) is 5.77. The summed E-state index contributed by atoms with van der Waals surface area (Å²) in [6.45, 7) is 3.62. The van der Waals surface area contributed by atoms with E-state index in [2.05, 4.69) is 25.1 Å². The molecule has 0 aliphatic heterocycles. The van der Waals surface area contributed by atoms with Gasteiger partial charge in [0.05, 0.1) is 5.52 Å². The molecule has 0 amide bonds. The second-order valence-electron chi connectivity index (χ2n) is 6.83. The van der Waals surface area contributed by atoms with Crippen LogP contribution in [0.3, 0.4) is 0 Å². The summed E-state index contributed by atoms with van der Waals surface area (Å²) in [7, 11) is 0. The Labute approximate surface area is 170 Å². The molecule has 5 rings (SSSR count). The average molecular weight is 435 g/mol. The van der Waals surface area contributed by atoms with Gasteiger partial charge in [0.25, 0.3) is 12.9 Å². The molecular weight excluding hydrogens is 422 g/mol. The Morgan fingerprint density at radius 1 is 1.03 bits per heavy atom. The summed E-state index contributed by atoms with van der Waals surface area (Å²) in [5, 5.41) is 8.78. The molecule has 5 aromatic heterocycles. The van der Waals surface area contributed by atoms with E-state index in [4.69, 9.17) is 0 Å². The van der Waals surface area contributed by atoms with Crippen LogP contribution >= 0.6 is 11.3 Å². The van der Waals surface area contributed by atoms with Gasteiger partial charge < -0.3 is 0 Å². The minimum atomic E-state index is -2.95. The van der Waals surface area contributed by atoms with Crippen LogP contribution in [-0.4, -0.2) is 34.3 Å². The molecule has 154 valence electrons. The Hall–Kier alpha value is -3.15. The van der Waals surface area contributed by atoms with Crippen LogP contribution in [0.4, 0.5) is 17.6 Å². The fourth-order valence-electron chi connectivity index (χ4n) is 3.47. The van der Waals surface area contributed by atoms with Gasteiger partial charge in [-0.1, -0.05) is 0 Å². The van der Waals surface area contributed by atoms with Crippen LogP contribution in [0.15, 0.2) is 18.5 Å². The van der Waals surface area contributed by atoms with Gasteiger partial charge in [0.15, 0.2) is 11.5 Å². The molecule has 0 bridgehead atoms. The summed E-state index contributed by atoms with van der Waals surface area (Å²) < 4.78 is 55.3. The first kappa shape index (κ1) is 18.9. The SMILES string of the molecule is Cc1cc(C)c2c(n1)sc1c2ncn2nc(Cn3nc(C(F)F)cc3C(F)F)nc12. The van der Waals surface area contributed by atoms with Gasteiger partial charge in [-0.05, 0) is 31.5 Å². The van der Waals surface area contributed by atoms with E-state index >= 15 is 0 Å². The quantitative estimate of drug-likeness (QED) is 0.385. The van der Waals surface area contributed by atoms with E-state index in [9.17, 15) is 17.6 Å². The molecule has 0 aliphatic rings. The van der Waals surface area contributed by atoms with Gasteiger partial charge in [0.1, 0.15) is 33.8 Å². The number of aromatic nitrogens is 7. The van der Waals surface area contributed by atoms with Crippen LogP contribution in [0.5, 0.6) is 0 Å². The number of halogens is 4. The first-order valence-electron chi connectivity index (χ1n) is 8.86. The zero-order chi connectivity index (χ0) is 21.2. The largest absolute Gasteiger partial charge is 0.282 e. The van der Waals surface area contributed by atoms with E-state index in [1.807, 2.05) is 19.9 Å². The molecule has 0 unspecified atom stereocenters. The Balaban J connectivity index is 1.64. The predicted octanol–water partition coefficient (Wildman–Crippen LogP) is 4.62. The maximum absolute atomic E-state index is 13.2. The number of nitrogens with zero attached hydrogens (tertiary/aromatic N) is 7. The standard InChI is InChI=1S/C18H13F4N7S/c1-7-3-8(2)24-18-12(7)13-14(30-18)17-25-11(27-29(17)6-23-13)5-28-10(16(21)22)4-9(26-28)15(19)20/h3-4,6,15-16H,5H2,1-2H3. The average Bonchev–Trinajstić information content (AvgIpc) is 3.35. The minimum Gasteiger partial charge on any atom is -0.256 e. The highest BCUT2D eigenvalue weighted by atomic mass is 32.1. The summed E-state index contributed by atoms with van der Waals surface area (Å²) >= 11 is 1.42. The van der Waals surface area contributed by atoms with E-state index in [0.717, 1.165) is 36.4 Å². The summed E-state index contributed by atoms with van der Waals surface area (Å²) in [5.41, 5.74) is 1.84. The highest BCUT2D eigenvalue weighted by Gasteiger charge is 2.23. The van der Waals surface area contributed by atoms with Gasteiger partial charge in [0.2, 0.25) is 0 Å². The molecule has 30 heavy (non-hydrogen) atoms. The van der Waals surface area contributed by atoms with Crippen LogP contribution in [0.25, 0.3) is 26.1 Å². The normalized spacial score (nSPS) is 12.4. The lowest BCUT2D eigenvalue weighted by molar-refractivity contribution is 0.139. The molecule has 0 aliphatic carbocycles. The van der Waals surface area contributed by atoms with E-state index in [1.54, 1.807) is 0 Å². The molecule has 5 aromatic rings. The zero-order valence-corrected chi connectivity index (χ0v) is 16.5. The molecule has 0 atom stereocenters. The molecule has 12 heteroatoms. The predicted molar refractivity (Wildman–Crippen MR) is 102 cm³/mol. The number of alkyl halides is 4. The maximum Gasteiger partial charge on any atom is 0.282 e.